The second kappa shape index (κ2) is 5.77. The Bertz CT molecular complexity index is 285. The van der Waals surface area contributed by atoms with E-state index < -0.39 is 13.6 Å². The first-order chi connectivity index (χ1) is 6.81. The van der Waals surface area contributed by atoms with E-state index >= 15 is 0 Å². The maximum atomic E-state index is 11.2. The van der Waals surface area contributed by atoms with Crippen molar-refractivity contribution < 1.29 is 18.8 Å². The first-order valence-corrected chi connectivity index (χ1v) is 8.00. The Morgan fingerprint density at radius 3 is 2.27 bits per heavy atom. The van der Waals surface area contributed by atoms with E-state index in [1.54, 1.807) is 13.1 Å². The molecule has 0 fully saturated rings. The van der Waals surface area contributed by atoms with Crippen LogP contribution in [0.5, 0.6) is 0 Å². The highest BCUT2D eigenvalue weighted by atomic mass is 35.6. The van der Waals surface area contributed by atoms with Gasteiger partial charge in [0.2, 0.25) is 5.71 Å². The molecule has 0 saturated carbocycles. The van der Waals surface area contributed by atoms with E-state index in [1.165, 1.54) is 14.2 Å². The van der Waals surface area contributed by atoms with Gasteiger partial charge in [0.05, 0.1) is 7.11 Å². The number of carbonyl (C=O) groups excluding carboxylic acids is 1. The Labute approximate surface area is 94.5 Å². The predicted octanol–water partition coefficient (Wildman–Crippen LogP) is 1.63. The Hall–Kier alpha value is -1.01. The Morgan fingerprint density at radius 2 is 1.93 bits per heavy atom. The molecule has 0 aliphatic heterocycles. The molecule has 7 heteroatoms. The normalized spacial score (nSPS) is 11.9. The van der Waals surface area contributed by atoms with Gasteiger partial charge in [-0.15, -0.1) is 11.1 Å². The molecule has 0 N–H and O–H groups in total. The smallest absolute Gasteiger partial charge is 0.363 e. The highest BCUT2D eigenvalue weighted by Gasteiger charge is 2.26. The van der Waals surface area contributed by atoms with E-state index in [1.807, 2.05) is 0 Å². The molecular weight excluding hydrogens is 238 g/mol. The maximum absolute atomic E-state index is 11.2. The van der Waals surface area contributed by atoms with Gasteiger partial charge in [-0.2, -0.15) is 0 Å². The minimum Gasteiger partial charge on any atom is -0.528 e. The second-order valence-corrected chi connectivity index (χ2v) is 8.66. The molecule has 0 spiro atoms. The van der Waals surface area contributed by atoms with Gasteiger partial charge in [0.25, 0.3) is 0 Å². The number of halogens is 1. The quantitative estimate of drug-likeness (QED) is 0.186. The van der Waals surface area contributed by atoms with Crippen molar-refractivity contribution in [2.45, 2.75) is 13.1 Å². The van der Waals surface area contributed by atoms with Crippen LogP contribution in [0.3, 0.4) is 0 Å². The first kappa shape index (κ1) is 14.0. The number of methoxy groups -OCH3 is 1. The molecule has 0 aliphatic carbocycles. The van der Waals surface area contributed by atoms with E-state index in [-0.39, 0.29) is 11.5 Å². The Morgan fingerprint density at radius 1 is 1.40 bits per heavy atom. The van der Waals surface area contributed by atoms with Gasteiger partial charge in [-0.3, -0.25) is 0 Å². The molecule has 0 saturated heterocycles. The standard InChI is InChI=1S/C8H14ClNO4Si/c1-6(14-15(4,5)9)7(10-13-3)8(11)12-2/h1H2,2-5H3. The molecule has 0 aromatic heterocycles. The van der Waals surface area contributed by atoms with Gasteiger partial charge in [-0.1, -0.05) is 11.7 Å². The summed E-state index contributed by atoms with van der Waals surface area (Å²) in [6.45, 7) is 7.02. The van der Waals surface area contributed by atoms with Crippen molar-refractivity contribution in [1.82, 2.24) is 0 Å². The molecular formula is C8H14ClNO4Si. The van der Waals surface area contributed by atoms with Crippen LogP contribution in [0.2, 0.25) is 13.1 Å². The number of esters is 1. The molecule has 5 nitrogen and oxygen atoms in total. The minimum atomic E-state index is -2.34. The summed E-state index contributed by atoms with van der Waals surface area (Å²) in [5, 5.41) is 3.46. The van der Waals surface area contributed by atoms with Crippen molar-refractivity contribution in [2.75, 3.05) is 14.2 Å². The molecule has 0 unspecified atom stereocenters. The first-order valence-electron chi connectivity index (χ1n) is 4.08. The number of hydrogen-bond donors (Lipinski definition) is 0. The fourth-order valence-corrected chi connectivity index (χ4v) is 1.69. The van der Waals surface area contributed by atoms with Crippen molar-refractivity contribution in [1.29, 1.82) is 0 Å². The van der Waals surface area contributed by atoms with Gasteiger partial charge < -0.3 is 14.0 Å². The monoisotopic (exact) mass is 251 g/mol. The average Bonchev–Trinajstić information content (AvgIpc) is 2.10. The van der Waals surface area contributed by atoms with E-state index in [4.69, 9.17) is 15.5 Å². The lowest BCUT2D eigenvalue weighted by Crippen LogP contribution is -2.28. The van der Waals surface area contributed by atoms with Gasteiger partial charge in [-0.05, 0) is 13.1 Å². The van der Waals surface area contributed by atoms with Gasteiger partial charge >= 0.3 is 13.6 Å². The van der Waals surface area contributed by atoms with E-state index in [0.29, 0.717) is 0 Å². The van der Waals surface area contributed by atoms with Crippen LogP contribution in [0.15, 0.2) is 17.5 Å². The number of rotatable bonds is 5. The molecule has 0 amide bonds. The van der Waals surface area contributed by atoms with E-state index in [2.05, 4.69) is 21.3 Å². The fraction of sp³-hybridized carbons (Fsp3) is 0.500. The summed E-state index contributed by atoms with van der Waals surface area (Å²) in [7, 11) is 0.189. The van der Waals surface area contributed by atoms with Crippen LogP contribution in [0.4, 0.5) is 0 Å². The van der Waals surface area contributed by atoms with E-state index in [9.17, 15) is 4.79 Å². The van der Waals surface area contributed by atoms with Crippen molar-refractivity contribution in [3.63, 3.8) is 0 Å². The molecule has 0 heterocycles. The summed E-state index contributed by atoms with van der Waals surface area (Å²) in [6.07, 6.45) is 0. The van der Waals surface area contributed by atoms with Crippen molar-refractivity contribution in [3.8, 4) is 0 Å². The highest BCUT2D eigenvalue weighted by Crippen LogP contribution is 2.15. The van der Waals surface area contributed by atoms with Crippen LogP contribution in [0, 0.1) is 0 Å². The predicted molar refractivity (Wildman–Crippen MR) is 60.0 cm³/mol. The lowest BCUT2D eigenvalue weighted by atomic mass is 10.3. The zero-order valence-corrected chi connectivity index (χ0v) is 10.9. The zero-order chi connectivity index (χ0) is 12.1. The Kier molecular flexibility index (Phi) is 5.38. The second-order valence-electron chi connectivity index (χ2n) is 3.00. The third-order valence-corrected chi connectivity index (χ3v) is 2.15. The van der Waals surface area contributed by atoms with Crippen LogP contribution < -0.4 is 0 Å². The highest BCUT2D eigenvalue weighted by molar-refractivity contribution is 7.15. The minimum absolute atomic E-state index is 0.0513. The third-order valence-electron chi connectivity index (χ3n) is 1.19. The summed E-state index contributed by atoms with van der Waals surface area (Å²) in [5.74, 6) is -0.632. The van der Waals surface area contributed by atoms with Crippen LogP contribution in [0.1, 0.15) is 0 Å². The molecule has 0 aromatic rings. The van der Waals surface area contributed by atoms with Crippen molar-refractivity contribution in [2.24, 2.45) is 5.16 Å². The van der Waals surface area contributed by atoms with Crippen LogP contribution in [-0.2, 0) is 18.8 Å². The van der Waals surface area contributed by atoms with Crippen LogP contribution in [-0.4, -0.2) is 33.5 Å². The molecule has 0 radical (unpaired) electrons. The molecule has 0 bridgehead atoms. The summed E-state index contributed by atoms with van der Waals surface area (Å²) in [6, 6.07) is 0. The maximum Gasteiger partial charge on any atom is 0.363 e. The number of nitrogens with zero attached hydrogens (tertiary/aromatic N) is 1. The fourth-order valence-electron chi connectivity index (χ4n) is 0.731. The molecule has 86 valence electrons. The molecule has 0 aliphatic rings. The van der Waals surface area contributed by atoms with Crippen molar-refractivity contribution >= 4 is 30.4 Å². The Balaban J connectivity index is 4.74. The van der Waals surface area contributed by atoms with Gasteiger partial charge in [0.1, 0.15) is 12.9 Å². The topological polar surface area (TPSA) is 57.1 Å². The van der Waals surface area contributed by atoms with Crippen LogP contribution in [0.25, 0.3) is 0 Å². The molecule has 0 rings (SSSR count). The van der Waals surface area contributed by atoms with Gasteiger partial charge in [0.15, 0.2) is 0 Å². The molecule has 15 heavy (non-hydrogen) atoms. The number of hydrogen-bond acceptors (Lipinski definition) is 5. The number of oxime groups is 1. The summed E-state index contributed by atoms with van der Waals surface area (Å²) < 4.78 is 9.76. The lowest BCUT2D eigenvalue weighted by molar-refractivity contribution is -0.132. The van der Waals surface area contributed by atoms with Gasteiger partial charge in [-0.25, -0.2) is 4.79 Å². The number of carbonyl (C=O) groups is 1. The number of ether oxygens (including phenoxy) is 1. The SMILES string of the molecule is C=C(O[Si](C)(C)Cl)C(=NOC)C(=O)OC. The van der Waals surface area contributed by atoms with Crippen molar-refractivity contribution in [3.05, 3.63) is 12.3 Å². The summed E-state index contributed by atoms with van der Waals surface area (Å²) >= 11 is 5.93. The molecule has 0 aromatic carbocycles. The van der Waals surface area contributed by atoms with Crippen LogP contribution >= 0.6 is 11.1 Å². The largest absolute Gasteiger partial charge is 0.528 e. The average molecular weight is 252 g/mol. The lowest BCUT2D eigenvalue weighted by Gasteiger charge is -2.18. The summed E-state index contributed by atoms with van der Waals surface area (Å²) in [5.41, 5.74) is -0.124. The van der Waals surface area contributed by atoms with Gasteiger partial charge in [0, 0.05) is 0 Å². The van der Waals surface area contributed by atoms with E-state index in [0.717, 1.165) is 0 Å². The third kappa shape index (κ3) is 5.43. The zero-order valence-electron chi connectivity index (χ0n) is 9.17. The molecule has 0 atom stereocenters. The summed E-state index contributed by atoms with van der Waals surface area (Å²) in [4.78, 5) is 15.7.